The van der Waals surface area contributed by atoms with E-state index in [-0.39, 0.29) is 5.91 Å². The molecule has 5 nitrogen and oxygen atoms in total. The maximum absolute atomic E-state index is 12.3. The van der Waals surface area contributed by atoms with Crippen molar-refractivity contribution < 1.29 is 4.79 Å². The molecule has 1 fully saturated rings. The second kappa shape index (κ2) is 6.77. The van der Waals surface area contributed by atoms with Crippen molar-refractivity contribution in [3.05, 3.63) is 42.6 Å². The molecule has 2 heterocycles. The molecule has 1 unspecified atom stereocenters. The molecule has 120 valence electrons. The Morgan fingerprint density at radius 3 is 2.87 bits per heavy atom. The highest BCUT2D eigenvalue weighted by Crippen LogP contribution is 2.30. The van der Waals surface area contributed by atoms with Crippen LogP contribution in [0.4, 0.5) is 5.82 Å². The number of amides is 1. The quantitative estimate of drug-likeness (QED) is 0.882. The first-order valence-electron chi connectivity index (χ1n) is 8.13. The number of benzene rings is 1. The Morgan fingerprint density at radius 2 is 2.13 bits per heavy atom. The van der Waals surface area contributed by atoms with Gasteiger partial charge in [0, 0.05) is 29.9 Å². The van der Waals surface area contributed by atoms with E-state index in [9.17, 15) is 4.79 Å². The average Bonchev–Trinajstić information content (AvgIpc) is 2.59. The fourth-order valence-electron chi connectivity index (χ4n) is 3.13. The Labute approximate surface area is 136 Å². The van der Waals surface area contributed by atoms with Gasteiger partial charge < -0.3 is 10.2 Å². The predicted molar refractivity (Wildman–Crippen MR) is 92.7 cm³/mol. The van der Waals surface area contributed by atoms with Crippen LogP contribution in [0.3, 0.4) is 0 Å². The van der Waals surface area contributed by atoms with Gasteiger partial charge in [-0.15, -0.1) is 16.8 Å². The smallest absolute Gasteiger partial charge is 0.272 e. The topological polar surface area (TPSA) is 58.1 Å². The molecule has 1 N–H and O–H groups in total. The lowest BCUT2D eigenvalue weighted by atomic mass is 10.0. The van der Waals surface area contributed by atoms with E-state index in [0.29, 0.717) is 18.3 Å². The van der Waals surface area contributed by atoms with Crippen molar-refractivity contribution in [2.45, 2.75) is 32.2 Å². The number of carbonyl (C=O) groups is 1. The van der Waals surface area contributed by atoms with Crippen LogP contribution in [0.25, 0.3) is 10.8 Å². The van der Waals surface area contributed by atoms with E-state index in [4.69, 9.17) is 0 Å². The highest BCUT2D eigenvalue weighted by atomic mass is 16.1. The van der Waals surface area contributed by atoms with Crippen LogP contribution in [-0.2, 0) is 0 Å². The second-order valence-electron chi connectivity index (χ2n) is 5.95. The van der Waals surface area contributed by atoms with Crippen molar-refractivity contribution in [3.8, 4) is 0 Å². The lowest BCUT2D eigenvalue weighted by Crippen LogP contribution is -2.38. The summed E-state index contributed by atoms with van der Waals surface area (Å²) in [6.07, 6.45) is 5.24. The Morgan fingerprint density at radius 1 is 1.35 bits per heavy atom. The summed E-state index contributed by atoms with van der Waals surface area (Å²) in [5.41, 5.74) is 0.371. The summed E-state index contributed by atoms with van der Waals surface area (Å²) in [5, 5.41) is 13.2. The molecule has 0 aliphatic carbocycles. The zero-order valence-electron chi connectivity index (χ0n) is 13.5. The van der Waals surface area contributed by atoms with Crippen LogP contribution in [0.5, 0.6) is 0 Å². The summed E-state index contributed by atoms with van der Waals surface area (Å²) < 4.78 is 0. The van der Waals surface area contributed by atoms with Crippen molar-refractivity contribution in [3.63, 3.8) is 0 Å². The van der Waals surface area contributed by atoms with Gasteiger partial charge in [-0.05, 0) is 26.2 Å². The second-order valence-corrected chi connectivity index (χ2v) is 5.95. The molecule has 2 aromatic rings. The van der Waals surface area contributed by atoms with Gasteiger partial charge in [0.05, 0.1) is 0 Å². The molecule has 3 rings (SSSR count). The molecule has 0 saturated carbocycles. The standard InChI is InChI=1S/C18H22N4O/c1-3-11-19-18(23)16-14-9-4-5-10-15(14)17(21-20-16)22-12-7-6-8-13(22)2/h3-5,9-10,13H,1,6-8,11-12H2,2H3,(H,19,23). The van der Waals surface area contributed by atoms with E-state index in [2.05, 4.69) is 33.9 Å². The lowest BCUT2D eigenvalue weighted by Gasteiger charge is -2.34. The number of piperidine rings is 1. The van der Waals surface area contributed by atoms with E-state index in [0.717, 1.165) is 29.6 Å². The Hall–Kier alpha value is -2.43. The van der Waals surface area contributed by atoms with Gasteiger partial charge in [-0.1, -0.05) is 30.3 Å². The summed E-state index contributed by atoms with van der Waals surface area (Å²) in [7, 11) is 0. The molecule has 1 amide bonds. The van der Waals surface area contributed by atoms with Crippen molar-refractivity contribution in [2.24, 2.45) is 0 Å². The maximum atomic E-state index is 12.3. The van der Waals surface area contributed by atoms with E-state index in [1.165, 1.54) is 12.8 Å². The van der Waals surface area contributed by atoms with Crippen LogP contribution in [0.2, 0.25) is 0 Å². The van der Waals surface area contributed by atoms with Gasteiger partial charge in [-0.25, -0.2) is 0 Å². The first kappa shape index (κ1) is 15.5. The largest absolute Gasteiger partial charge is 0.352 e. The van der Waals surface area contributed by atoms with Gasteiger partial charge in [0.2, 0.25) is 0 Å². The summed E-state index contributed by atoms with van der Waals surface area (Å²) in [6.45, 7) is 7.24. The Balaban J connectivity index is 2.05. The number of anilines is 1. The van der Waals surface area contributed by atoms with Crippen LogP contribution < -0.4 is 10.2 Å². The summed E-state index contributed by atoms with van der Waals surface area (Å²) in [6, 6.07) is 8.31. The number of nitrogens with one attached hydrogen (secondary N) is 1. The van der Waals surface area contributed by atoms with Gasteiger partial charge >= 0.3 is 0 Å². The summed E-state index contributed by atoms with van der Waals surface area (Å²) in [4.78, 5) is 14.6. The van der Waals surface area contributed by atoms with Crippen molar-refractivity contribution in [1.82, 2.24) is 15.5 Å². The molecule has 0 spiro atoms. The van der Waals surface area contributed by atoms with Crippen molar-refractivity contribution in [1.29, 1.82) is 0 Å². The summed E-state index contributed by atoms with van der Waals surface area (Å²) in [5.74, 6) is 0.667. The molecular weight excluding hydrogens is 288 g/mol. The van der Waals surface area contributed by atoms with Crippen LogP contribution in [0, 0.1) is 0 Å². The zero-order chi connectivity index (χ0) is 16.2. The van der Waals surface area contributed by atoms with Gasteiger partial charge in [-0.2, -0.15) is 0 Å². The van der Waals surface area contributed by atoms with Gasteiger partial charge in [0.1, 0.15) is 0 Å². The van der Waals surface area contributed by atoms with Gasteiger partial charge in [-0.3, -0.25) is 4.79 Å². The number of rotatable bonds is 4. The molecule has 1 aromatic heterocycles. The molecule has 23 heavy (non-hydrogen) atoms. The first-order chi connectivity index (χ1) is 11.2. The molecule has 1 atom stereocenters. The number of carbonyl (C=O) groups excluding carboxylic acids is 1. The molecule has 1 saturated heterocycles. The first-order valence-corrected chi connectivity index (χ1v) is 8.13. The monoisotopic (exact) mass is 310 g/mol. The van der Waals surface area contributed by atoms with E-state index >= 15 is 0 Å². The molecule has 0 radical (unpaired) electrons. The molecule has 1 aliphatic heterocycles. The summed E-state index contributed by atoms with van der Waals surface area (Å²) >= 11 is 0. The average molecular weight is 310 g/mol. The fraction of sp³-hybridized carbons (Fsp3) is 0.389. The van der Waals surface area contributed by atoms with Gasteiger partial charge in [0.15, 0.2) is 11.5 Å². The normalized spacial score (nSPS) is 18.0. The van der Waals surface area contributed by atoms with Crippen LogP contribution >= 0.6 is 0 Å². The molecule has 0 bridgehead atoms. The molecule has 1 aromatic carbocycles. The van der Waals surface area contributed by atoms with E-state index in [1.54, 1.807) is 6.08 Å². The number of hydrogen-bond donors (Lipinski definition) is 1. The van der Waals surface area contributed by atoms with Crippen LogP contribution in [0.1, 0.15) is 36.7 Å². The van der Waals surface area contributed by atoms with E-state index < -0.39 is 0 Å². The Bertz CT molecular complexity index is 728. The highest BCUT2D eigenvalue weighted by molar-refractivity contribution is 6.07. The number of nitrogens with zero attached hydrogens (tertiary/aromatic N) is 3. The molecule has 5 heteroatoms. The predicted octanol–water partition coefficient (Wildman–Crippen LogP) is 2.92. The third kappa shape index (κ3) is 3.04. The number of fused-ring (bicyclic) bond motifs is 1. The minimum absolute atomic E-state index is 0.216. The van der Waals surface area contributed by atoms with Crippen molar-refractivity contribution >= 4 is 22.5 Å². The SMILES string of the molecule is C=CCNC(=O)c1nnc(N2CCCCC2C)c2ccccc12. The fourth-order valence-corrected chi connectivity index (χ4v) is 3.13. The number of hydrogen-bond acceptors (Lipinski definition) is 4. The molecule has 1 aliphatic rings. The maximum Gasteiger partial charge on any atom is 0.272 e. The third-order valence-electron chi connectivity index (χ3n) is 4.36. The zero-order valence-corrected chi connectivity index (χ0v) is 13.5. The minimum Gasteiger partial charge on any atom is -0.352 e. The van der Waals surface area contributed by atoms with Crippen LogP contribution in [0.15, 0.2) is 36.9 Å². The Kier molecular flexibility index (Phi) is 4.55. The van der Waals surface area contributed by atoms with Crippen LogP contribution in [-0.4, -0.2) is 35.2 Å². The number of aromatic nitrogens is 2. The van der Waals surface area contributed by atoms with E-state index in [1.807, 2.05) is 24.3 Å². The third-order valence-corrected chi connectivity index (χ3v) is 4.36. The highest BCUT2D eigenvalue weighted by Gasteiger charge is 2.23. The lowest BCUT2D eigenvalue weighted by molar-refractivity contribution is 0.0954. The van der Waals surface area contributed by atoms with Gasteiger partial charge in [0.25, 0.3) is 5.91 Å². The minimum atomic E-state index is -0.216. The van der Waals surface area contributed by atoms with Crippen molar-refractivity contribution in [2.75, 3.05) is 18.0 Å². The molecular formula is C18H22N4O.